The summed E-state index contributed by atoms with van der Waals surface area (Å²) in [6.45, 7) is 2.27. The second-order valence-corrected chi connectivity index (χ2v) is 8.34. The summed E-state index contributed by atoms with van der Waals surface area (Å²) in [7, 11) is 0. The van der Waals surface area contributed by atoms with E-state index in [2.05, 4.69) is 31.2 Å². The number of nitrogens with two attached hydrogens (primary N) is 1. The number of carbonyl (C=O) groups excluding carboxylic acids is 1. The fraction of sp³-hybridized carbons (Fsp3) is 0.667. The topological polar surface area (TPSA) is 66.9 Å². The Morgan fingerprint density at radius 3 is 1.85 bits per heavy atom. The van der Waals surface area contributed by atoms with Gasteiger partial charge in [-0.1, -0.05) is 89.0 Å². The van der Waals surface area contributed by atoms with Crippen LogP contribution in [-0.2, 0) is 17.6 Å². The van der Waals surface area contributed by atoms with Gasteiger partial charge in [0.25, 0.3) is 0 Å². The van der Waals surface area contributed by atoms with Crippen molar-refractivity contribution in [2.75, 3.05) is 0 Å². The normalized spacial score (nSPS) is 14.9. The zero-order valence-corrected chi connectivity index (χ0v) is 17.2. The van der Waals surface area contributed by atoms with Crippen molar-refractivity contribution >= 4 is 11.6 Å². The van der Waals surface area contributed by atoms with Crippen molar-refractivity contribution in [1.29, 1.82) is 5.41 Å². The molecule has 150 valence electrons. The molecule has 3 nitrogen and oxygen atoms in total. The highest BCUT2D eigenvalue weighted by Gasteiger charge is 2.52. The van der Waals surface area contributed by atoms with Crippen LogP contribution < -0.4 is 5.73 Å². The van der Waals surface area contributed by atoms with Gasteiger partial charge in [-0.2, -0.15) is 0 Å². The third-order valence-electron chi connectivity index (χ3n) is 6.01. The second-order valence-electron chi connectivity index (χ2n) is 8.34. The van der Waals surface area contributed by atoms with Gasteiger partial charge < -0.3 is 5.73 Å². The molecule has 0 aromatic heterocycles. The first-order chi connectivity index (χ1) is 13.1. The van der Waals surface area contributed by atoms with Gasteiger partial charge in [0.1, 0.15) is 5.84 Å². The van der Waals surface area contributed by atoms with Crippen LogP contribution in [0.1, 0.15) is 95.1 Å². The van der Waals surface area contributed by atoms with Crippen molar-refractivity contribution in [2.45, 2.75) is 96.8 Å². The van der Waals surface area contributed by atoms with Gasteiger partial charge in [0.2, 0.25) is 0 Å². The number of hydrogen-bond donors (Lipinski definition) is 2. The predicted octanol–water partition coefficient (Wildman–Crippen LogP) is 5.98. The summed E-state index contributed by atoms with van der Waals surface area (Å²) < 4.78 is 0. The number of amidine groups is 1. The summed E-state index contributed by atoms with van der Waals surface area (Å²) in [5.74, 6) is 0.155. The highest BCUT2D eigenvalue weighted by atomic mass is 16.1. The van der Waals surface area contributed by atoms with Gasteiger partial charge in [0, 0.05) is 6.42 Å². The van der Waals surface area contributed by atoms with E-state index in [9.17, 15) is 4.79 Å². The van der Waals surface area contributed by atoms with Crippen LogP contribution in [0.5, 0.6) is 0 Å². The summed E-state index contributed by atoms with van der Waals surface area (Å²) >= 11 is 0. The monoisotopic (exact) mass is 370 g/mol. The number of ketones is 1. The number of unbranched alkanes of at least 4 members (excludes halogenated alkanes) is 9. The van der Waals surface area contributed by atoms with E-state index in [1.807, 2.05) is 0 Å². The molecule has 3 heteroatoms. The van der Waals surface area contributed by atoms with Crippen LogP contribution in [0.2, 0.25) is 0 Å². The summed E-state index contributed by atoms with van der Waals surface area (Å²) in [5.41, 5.74) is 7.37. The van der Waals surface area contributed by atoms with Crippen LogP contribution >= 0.6 is 0 Å². The van der Waals surface area contributed by atoms with Crippen molar-refractivity contribution in [1.82, 2.24) is 0 Å². The highest BCUT2D eigenvalue weighted by Crippen LogP contribution is 2.47. The summed E-state index contributed by atoms with van der Waals surface area (Å²) in [5, 5.41) is 7.62. The highest BCUT2D eigenvalue weighted by molar-refractivity contribution is 6.09. The Morgan fingerprint density at radius 2 is 1.37 bits per heavy atom. The molecule has 0 aliphatic heterocycles. The largest absolute Gasteiger partial charge is 0.387 e. The van der Waals surface area contributed by atoms with Crippen LogP contribution in [0.25, 0.3) is 0 Å². The first-order valence-electron chi connectivity index (χ1n) is 11.0. The lowest BCUT2D eigenvalue weighted by Crippen LogP contribution is -2.32. The third-order valence-corrected chi connectivity index (χ3v) is 6.01. The van der Waals surface area contributed by atoms with E-state index in [1.54, 1.807) is 0 Å². The van der Waals surface area contributed by atoms with Crippen molar-refractivity contribution < 1.29 is 4.79 Å². The molecule has 0 saturated heterocycles. The standard InChI is InChI=1S/C24H38N2O/c1-2-3-4-5-6-7-8-9-10-11-12-20-13-15-21(16-14-20)19-22(27)24(17-18-24)23(25)26/h13-16H,2-12,17-19H2,1H3,(H3,25,26). The fourth-order valence-electron chi connectivity index (χ4n) is 3.82. The molecule has 1 fully saturated rings. The van der Waals surface area contributed by atoms with E-state index >= 15 is 0 Å². The third kappa shape index (κ3) is 7.12. The minimum atomic E-state index is -0.630. The van der Waals surface area contributed by atoms with Crippen LogP contribution in [0.15, 0.2) is 24.3 Å². The number of aryl methyl sites for hydroxylation is 1. The van der Waals surface area contributed by atoms with E-state index in [4.69, 9.17) is 11.1 Å². The predicted molar refractivity (Wildman–Crippen MR) is 114 cm³/mol. The lowest BCUT2D eigenvalue weighted by molar-refractivity contribution is -0.121. The van der Waals surface area contributed by atoms with Gasteiger partial charge in [0.15, 0.2) is 5.78 Å². The maximum Gasteiger partial charge on any atom is 0.150 e. The lowest BCUT2D eigenvalue weighted by atomic mass is 9.93. The molecule has 0 radical (unpaired) electrons. The SMILES string of the molecule is CCCCCCCCCCCCc1ccc(CC(=O)C2(C(=N)N)CC2)cc1. The van der Waals surface area contributed by atoms with Crippen molar-refractivity contribution in [3.63, 3.8) is 0 Å². The van der Waals surface area contributed by atoms with E-state index in [0.29, 0.717) is 6.42 Å². The maximum atomic E-state index is 12.4. The molecule has 1 aliphatic rings. The number of carbonyl (C=O) groups is 1. The van der Waals surface area contributed by atoms with E-state index in [0.717, 1.165) is 24.8 Å². The second kappa shape index (κ2) is 11.3. The minimum absolute atomic E-state index is 0.0464. The van der Waals surface area contributed by atoms with Crippen LogP contribution in [0, 0.1) is 10.8 Å². The Kier molecular flexibility index (Phi) is 9.03. The van der Waals surface area contributed by atoms with Crippen LogP contribution in [0.3, 0.4) is 0 Å². The molecule has 1 aromatic rings. The van der Waals surface area contributed by atoms with Gasteiger partial charge in [0.05, 0.1) is 5.41 Å². The van der Waals surface area contributed by atoms with E-state index in [-0.39, 0.29) is 11.6 Å². The Bertz CT molecular complexity index is 587. The smallest absolute Gasteiger partial charge is 0.150 e. The molecular weight excluding hydrogens is 332 g/mol. The lowest BCUT2D eigenvalue weighted by Gasteiger charge is -2.12. The molecular formula is C24H38N2O. The molecule has 0 bridgehead atoms. The zero-order valence-electron chi connectivity index (χ0n) is 17.2. The van der Waals surface area contributed by atoms with Gasteiger partial charge in [-0.25, -0.2) is 0 Å². The summed E-state index contributed by atoms with van der Waals surface area (Å²) in [6.07, 6.45) is 16.7. The first kappa shape index (κ1) is 21.7. The quantitative estimate of drug-likeness (QED) is 0.227. The average Bonchev–Trinajstić information content (AvgIpc) is 3.47. The molecule has 0 heterocycles. The van der Waals surface area contributed by atoms with Gasteiger partial charge in [-0.15, -0.1) is 0 Å². The fourth-order valence-corrected chi connectivity index (χ4v) is 3.82. The average molecular weight is 371 g/mol. The van der Waals surface area contributed by atoms with Crippen molar-refractivity contribution in [3.8, 4) is 0 Å². The number of nitrogens with one attached hydrogen (secondary N) is 1. The molecule has 0 atom stereocenters. The summed E-state index contributed by atoms with van der Waals surface area (Å²) in [4.78, 5) is 12.4. The van der Waals surface area contributed by atoms with Gasteiger partial charge in [-0.05, 0) is 36.8 Å². The number of rotatable bonds is 15. The molecule has 0 unspecified atom stereocenters. The number of Topliss-reactive ketones (excluding diaryl/α,β-unsaturated/α-hetero) is 1. The first-order valence-corrected chi connectivity index (χ1v) is 11.0. The van der Waals surface area contributed by atoms with Crippen LogP contribution in [-0.4, -0.2) is 11.6 Å². The number of benzene rings is 1. The summed E-state index contributed by atoms with van der Waals surface area (Å²) in [6, 6.07) is 8.45. The Hall–Kier alpha value is -1.64. The van der Waals surface area contributed by atoms with E-state index < -0.39 is 5.41 Å². The van der Waals surface area contributed by atoms with Crippen LogP contribution in [0.4, 0.5) is 0 Å². The molecule has 2 rings (SSSR count). The van der Waals surface area contributed by atoms with Crippen molar-refractivity contribution in [2.24, 2.45) is 11.1 Å². The van der Waals surface area contributed by atoms with E-state index in [1.165, 1.54) is 69.8 Å². The van der Waals surface area contributed by atoms with Crippen molar-refractivity contribution in [3.05, 3.63) is 35.4 Å². The maximum absolute atomic E-state index is 12.4. The Morgan fingerprint density at radius 1 is 0.889 bits per heavy atom. The minimum Gasteiger partial charge on any atom is -0.387 e. The molecule has 0 spiro atoms. The molecule has 1 saturated carbocycles. The molecule has 1 aromatic carbocycles. The molecule has 27 heavy (non-hydrogen) atoms. The molecule has 3 N–H and O–H groups in total. The Balaban J connectivity index is 1.57. The van der Waals surface area contributed by atoms with Gasteiger partial charge in [-0.3, -0.25) is 10.2 Å². The Labute approximate surface area is 165 Å². The molecule has 0 amide bonds. The molecule has 1 aliphatic carbocycles. The number of hydrogen-bond acceptors (Lipinski definition) is 2. The van der Waals surface area contributed by atoms with Gasteiger partial charge >= 0.3 is 0 Å². The zero-order chi connectivity index (χ0) is 19.5.